The van der Waals surface area contributed by atoms with Crippen molar-refractivity contribution in [3.8, 4) is 5.75 Å². The monoisotopic (exact) mass is 240 g/mol. The molecule has 1 rings (SSSR count). The highest BCUT2D eigenvalue weighted by molar-refractivity contribution is 5.48. The predicted molar refractivity (Wildman–Crippen MR) is 67.4 cm³/mol. The molecule has 0 amide bonds. The van der Waals surface area contributed by atoms with Crippen LogP contribution in [0, 0.1) is 0 Å². The summed E-state index contributed by atoms with van der Waals surface area (Å²) in [5.74, 6) is 0.644. The van der Waals surface area contributed by atoms with Crippen molar-refractivity contribution in [2.75, 3.05) is 19.0 Å². The molecule has 0 saturated carbocycles. The third kappa shape index (κ3) is 3.74. The molecule has 1 aromatic rings. The van der Waals surface area contributed by atoms with Crippen molar-refractivity contribution in [1.82, 2.24) is 9.97 Å². The molecular weight excluding hydrogens is 220 g/mol. The summed E-state index contributed by atoms with van der Waals surface area (Å²) in [7, 11) is 1.45. The Bertz CT molecular complexity index is 391. The molecular formula is C11H20N4O2. The number of methoxy groups -OCH3 is 1. The molecule has 6 nitrogen and oxygen atoms in total. The van der Waals surface area contributed by atoms with Crippen LogP contribution in [0.4, 0.5) is 5.82 Å². The van der Waals surface area contributed by atoms with Gasteiger partial charge in [0.15, 0.2) is 5.82 Å². The van der Waals surface area contributed by atoms with Crippen molar-refractivity contribution < 1.29 is 4.74 Å². The number of ether oxygens (including phenoxy) is 1. The average Bonchev–Trinajstić information content (AvgIpc) is 2.34. The van der Waals surface area contributed by atoms with Crippen LogP contribution in [0.1, 0.15) is 26.2 Å². The zero-order valence-corrected chi connectivity index (χ0v) is 10.3. The van der Waals surface area contributed by atoms with Gasteiger partial charge in [0, 0.05) is 12.6 Å². The second-order valence-corrected chi connectivity index (χ2v) is 3.83. The lowest BCUT2D eigenvalue weighted by atomic mass is 10.1. The Morgan fingerprint density at radius 2 is 2.41 bits per heavy atom. The SMILES string of the molecule is CCCCC(CN)Nc1nc[nH]c(=O)c1OC. The molecule has 0 aliphatic rings. The van der Waals surface area contributed by atoms with Gasteiger partial charge in [-0.1, -0.05) is 19.8 Å². The van der Waals surface area contributed by atoms with E-state index in [1.807, 2.05) is 0 Å². The van der Waals surface area contributed by atoms with Crippen LogP contribution in [0.15, 0.2) is 11.1 Å². The lowest BCUT2D eigenvalue weighted by molar-refractivity contribution is 0.407. The summed E-state index contributed by atoms with van der Waals surface area (Å²) in [6.07, 6.45) is 4.49. The normalized spacial score (nSPS) is 12.2. The van der Waals surface area contributed by atoms with Gasteiger partial charge in [0.05, 0.1) is 13.4 Å². The number of anilines is 1. The number of H-pyrrole nitrogens is 1. The Hall–Kier alpha value is -1.56. The summed E-state index contributed by atoms with van der Waals surface area (Å²) in [6.45, 7) is 2.62. The maximum atomic E-state index is 11.5. The minimum atomic E-state index is -0.295. The number of unbranched alkanes of at least 4 members (excludes halogenated alkanes) is 1. The summed E-state index contributed by atoms with van der Waals surface area (Å²) in [5, 5.41) is 3.14. The van der Waals surface area contributed by atoms with Gasteiger partial charge in [0.1, 0.15) is 0 Å². The minimum absolute atomic E-state index is 0.109. The van der Waals surface area contributed by atoms with Crippen molar-refractivity contribution in [3.63, 3.8) is 0 Å². The Balaban J connectivity index is 2.78. The molecule has 1 atom stereocenters. The fraction of sp³-hybridized carbons (Fsp3) is 0.636. The molecule has 96 valence electrons. The Morgan fingerprint density at radius 1 is 1.65 bits per heavy atom. The Labute approximate surface area is 101 Å². The van der Waals surface area contributed by atoms with Gasteiger partial charge >= 0.3 is 0 Å². The van der Waals surface area contributed by atoms with Gasteiger partial charge in [-0.05, 0) is 6.42 Å². The first-order valence-corrected chi connectivity index (χ1v) is 5.81. The van der Waals surface area contributed by atoms with Gasteiger partial charge in [-0.3, -0.25) is 4.79 Å². The molecule has 1 heterocycles. The van der Waals surface area contributed by atoms with Crippen LogP contribution in [0.25, 0.3) is 0 Å². The van der Waals surface area contributed by atoms with E-state index in [2.05, 4.69) is 22.2 Å². The van der Waals surface area contributed by atoms with Gasteiger partial charge in [0.25, 0.3) is 5.56 Å². The second kappa shape index (κ2) is 6.90. The number of aromatic nitrogens is 2. The summed E-state index contributed by atoms with van der Waals surface area (Å²) >= 11 is 0. The van der Waals surface area contributed by atoms with E-state index in [4.69, 9.17) is 10.5 Å². The van der Waals surface area contributed by atoms with Gasteiger partial charge < -0.3 is 20.8 Å². The van der Waals surface area contributed by atoms with E-state index in [9.17, 15) is 4.79 Å². The fourth-order valence-corrected chi connectivity index (χ4v) is 1.57. The van der Waals surface area contributed by atoms with E-state index in [1.54, 1.807) is 0 Å². The van der Waals surface area contributed by atoms with Crippen molar-refractivity contribution in [2.45, 2.75) is 32.2 Å². The van der Waals surface area contributed by atoms with Crippen molar-refractivity contribution in [3.05, 3.63) is 16.7 Å². The Morgan fingerprint density at radius 3 is 3.00 bits per heavy atom. The van der Waals surface area contributed by atoms with Gasteiger partial charge in [0.2, 0.25) is 5.75 Å². The molecule has 17 heavy (non-hydrogen) atoms. The number of hydrogen-bond donors (Lipinski definition) is 3. The lowest BCUT2D eigenvalue weighted by Gasteiger charge is -2.18. The van der Waals surface area contributed by atoms with Crippen LogP contribution in [0.2, 0.25) is 0 Å². The smallest absolute Gasteiger partial charge is 0.295 e. The van der Waals surface area contributed by atoms with E-state index in [1.165, 1.54) is 13.4 Å². The van der Waals surface area contributed by atoms with Gasteiger partial charge in [-0.2, -0.15) is 0 Å². The van der Waals surface area contributed by atoms with Crippen LogP contribution in [-0.4, -0.2) is 29.7 Å². The van der Waals surface area contributed by atoms with Gasteiger partial charge in [-0.15, -0.1) is 0 Å². The lowest BCUT2D eigenvalue weighted by Crippen LogP contribution is -2.30. The van der Waals surface area contributed by atoms with Crippen molar-refractivity contribution in [1.29, 1.82) is 0 Å². The quantitative estimate of drug-likeness (QED) is 0.652. The first kappa shape index (κ1) is 13.5. The van der Waals surface area contributed by atoms with E-state index in [0.717, 1.165) is 19.3 Å². The summed E-state index contributed by atoms with van der Waals surface area (Å²) in [5.41, 5.74) is 5.38. The zero-order chi connectivity index (χ0) is 12.7. The minimum Gasteiger partial charge on any atom is -0.489 e. The van der Waals surface area contributed by atoms with Crippen LogP contribution in [0.5, 0.6) is 5.75 Å². The van der Waals surface area contributed by atoms with E-state index >= 15 is 0 Å². The summed E-state index contributed by atoms with van der Waals surface area (Å²) in [4.78, 5) is 18.0. The number of aromatic amines is 1. The maximum Gasteiger partial charge on any atom is 0.295 e. The maximum absolute atomic E-state index is 11.5. The average molecular weight is 240 g/mol. The van der Waals surface area contributed by atoms with E-state index in [-0.39, 0.29) is 17.4 Å². The molecule has 0 saturated heterocycles. The molecule has 0 aliphatic carbocycles. The number of rotatable bonds is 7. The molecule has 0 bridgehead atoms. The van der Waals surface area contributed by atoms with Gasteiger partial charge in [-0.25, -0.2) is 4.98 Å². The fourth-order valence-electron chi connectivity index (χ4n) is 1.57. The molecule has 1 unspecified atom stereocenters. The number of nitrogens with two attached hydrogens (primary N) is 1. The van der Waals surface area contributed by atoms with Crippen LogP contribution >= 0.6 is 0 Å². The molecule has 1 aromatic heterocycles. The van der Waals surface area contributed by atoms with Crippen LogP contribution in [-0.2, 0) is 0 Å². The first-order valence-electron chi connectivity index (χ1n) is 5.81. The molecule has 0 aliphatic heterocycles. The molecule has 0 spiro atoms. The standard InChI is InChI=1S/C11H20N4O2/c1-3-4-5-8(6-12)15-10-9(17-2)11(16)14-7-13-10/h7-8H,3-6,12H2,1-2H3,(H2,13,14,15,16). The number of nitrogens with zero attached hydrogens (tertiary/aromatic N) is 1. The van der Waals surface area contributed by atoms with Crippen molar-refractivity contribution >= 4 is 5.82 Å². The molecule has 0 fully saturated rings. The van der Waals surface area contributed by atoms with Crippen molar-refractivity contribution in [2.24, 2.45) is 5.73 Å². The van der Waals surface area contributed by atoms with E-state index < -0.39 is 0 Å². The molecule has 0 radical (unpaired) electrons. The number of hydrogen-bond acceptors (Lipinski definition) is 5. The molecule has 4 N–H and O–H groups in total. The van der Waals surface area contributed by atoms with E-state index in [0.29, 0.717) is 12.4 Å². The highest BCUT2D eigenvalue weighted by Gasteiger charge is 2.13. The second-order valence-electron chi connectivity index (χ2n) is 3.83. The first-order chi connectivity index (χ1) is 8.22. The molecule has 0 aromatic carbocycles. The molecule has 6 heteroatoms. The predicted octanol–water partition coefficient (Wildman–Crippen LogP) is 0.708. The third-order valence-electron chi connectivity index (χ3n) is 2.55. The summed E-state index contributed by atoms with van der Waals surface area (Å²) < 4.78 is 5.02. The topological polar surface area (TPSA) is 93.0 Å². The largest absolute Gasteiger partial charge is 0.489 e. The number of nitrogens with one attached hydrogen (secondary N) is 2. The highest BCUT2D eigenvalue weighted by atomic mass is 16.5. The highest BCUT2D eigenvalue weighted by Crippen LogP contribution is 2.16. The summed E-state index contributed by atoms with van der Waals surface area (Å²) in [6, 6.07) is 0.109. The van der Waals surface area contributed by atoms with Crippen LogP contribution < -0.4 is 21.3 Å². The Kier molecular flexibility index (Phi) is 5.48. The zero-order valence-electron chi connectivity index (χ0n) is 10.3. The third-order valence-corrected chi connectivity index (χ3v) is 2.55. The van der Waals surface area contributed by atoms with Crippen LogP contribution in [0.3, 0.4) is 0 Å².